The summed E-state index contributed by atoms with van der Waals surface area (Å²) in [6, 6.07) is -0.485. The van der Waals surface area contributed by atoms with Crippen LogP contribution in [0.25, 0.3) is 0 Å². The van der Waals surface area contributed by atoms with Crippen LogP contribution < -0.4 is 5.32 Å². The van der Waals surface area contributed by atoms with E-state index in [1.807, 2.05) is 11.8 Å². The van der Waals surface area contributed by atoms with Gasteiger partial charge in [0.1, 0.15) is 0 Å². The fourth-order valence-electron chi connectivity index (χ4n) is 1.70. The van der Waals surface area contributed by atoms with Crippen LogP contribution in [0.5, 0.6) is 0 Å². The number of carboxylic acid groups (broad SMARTS) is 1. The number of aliphatic carboxylic acids is 1. The lowest BCUT2D eigenvalue weighted by molar-refractivity contribution is -0.143. The standard InChI is InChI=1S/C9H16N2O3/c1-2-4-11-5-3-10-9(14)7(11)6-8(12)13/h7H,2-6H2,1H3,(H,10,14)(H,12,13)/t7-/m1/s1. The number of rotatable bonds is 4. The maximum atomic E-state index is 11.4. The molecule has 1 aliphatic rings. The highest BCUT2D eigenvalue weighted by Crippen LogP contribution is 2.09. The van der Waals surface area contributed by atoms with Gasteiger partial charge in [-0.3, -0.25) is 14.5 Å². The van der Waals surface area contributed by atoms with Crippen LogP contribution in [0.2, 0.25) is 0 Å². The highest BCUT2D eigenvalue weighted by Gasteiger charge is 2.30. The fourth-order valence-corrected chi connectivity index (χ4v) is 1.70. The van der Waals surface area contributed by atoms with E-state index in [1.165, 1.54) is 0 Å². The van der Waals surface area contributed by atoms with Crippen molar-refractivity contribution in [1.82, 2.24) is 10.2 Å². The Morgan fingerprint density at radius 1 is 1.71 bits per heavy atom. The van der Waals surface area contributed by atoms with Crippen LogP contribution in [-0.4, -0.2) is 47.6 Å². The quantitative estimate of drug-likeness (QED) is 0.652. The summed E-state index contributed by atoms with van der Waals surface area (Å²) < 4.78 is 0. The molecular formula is C9H16N2O3. The second kappa shape index (κ2) is 4.95. The van der Waals surface area contributed by atoms with Crippen molar-refractivity contribution >= 4 is 11.9 Å². The Bertz CT molecular complexity index is 228. The first-order valence-corrected chi connectivity index (χ1v) is 4.88. The highest BCUT2D eigenvalue weighted by molar-refractivity contribution is 5.86. The summed E-state index contributed by atoms with van der Waals surface area (Å²) in [6.07, 6.45) is 0.829. The average molecular weight is 200 g/mol. The van der Waals surface area contributed by atoms with E-state index < -0.39 is 12.0 Å². The molecule has 5 nitrogen and oxygen atoms in total. The largest absolute Gasteiger partial charge is 0.481 e. The molecule has 5 heteroatoms. The Kier molecular flexibility index (Phi) is 3.88. The molecular weight excluding hydrogens is 184 g/mol. The number of carboxylic acids is 1. The third-order valence-corrected chi connectivity index (χ3v) is 2.32. The van der Waals surface area contributed by atoms with E-state index in [1.54, 1.807) is 0 Å². The summed E-state index contributed by atoms with van der Waals surface area (Å²) in [5, 5.41) is 11.3. The molecule has 0 spiro atoms. The molecule has 0 radical (unpaired) electrons. The zero-order valence-electron chi connectivity index (χ0n) is 8.32. The molecule has 0 bridgehead atoms. The lowest BCUT2D eigenvalue weighted by Crippen LogP contribution is -2.55. The van der Waals surface area contributed by atoms with Crippen LogP contribution in [0.3, 0.4) is 0 Å². The molecule has 0 saturated carbocycles. The van der Waals surface area contributed by atoms with E-state index in [2.05, 4.69) is 5.32 Å². The van der Waals surface area contributed by atoms with Gasteiger partial charge < -0.3 is 10.4 Å². The first-order chi connectivity index (χ1) is 6.65. The molecule has 0 unspecified atom stereocenters. The van der Waals surface area contributed by atoms with Crippen molar-refractivity contribution in [3.05, 3.63) is 0 Å². The van der Waals surface area contributed by atoms with Gasteiger partial charge >= 0.3 is 5.97 Å². The molecule has 1 aliphatic heterocycles. The third kappa shape index (κ3) is 2.70. The number of hydrogen-bond acceptors (Lipinski definition) is 3. The first-order valence-electron chi connectivity index (χ1n) is 4.88. The van der Waals surface area contributed by atoms with Crippen LogP contribution in [0.1, 0.15) is 19.8 Å². The lowest BCUT2D eigenvalue weighted by atomic mass is 10.1. The van der Waals surface area contributed by atoms with Crippen molar-refractivity contribution in [1.29, 1.82) is 0 Å². The SMILES string of the molecule is CCCN1CCNC(=O)[C@H]1CC(=O)O. The van der Waals surface area contributed by atoms with E-state index >= 15 is 0 Å². The smallest absolute Gasteiger partial charge is 0.305 e. The Balaban J connectivity index is 2.60. The molecule has 2 N–H and O–H groups in total. The molecule has 14 heavy (non-hydrogen) atoms. The molecule has 1 amide bonds. The minimum Gasteiger partial charge on any atom is -0.481 e. The van der Waals surface area contributed by atoms with Gasteiger partial charge in [-0.1, -0.05) is 6.92 Å². The highest BCUT2D eigenvalue weighted by atomic mass is 16.4. The molecule has 1 rings (SSSR count). The summed E-state index contributed by atoms with van der Waals surface area (Å²) in [6.45, 7) is 4.17. The van der Waals surface area contributed by atoms with Crippen LogP contribution in [0, 0.1) is 0 Å². The summed E-state index contributed by atoms with van der Waals surface area (Å²) >= 11 is 0. The van der Waals surface area contributed by atoms with E-state index in [4.69, 9.17) is 5.11 Å². The number of nitrogens with one attached hydrogen (secondary N) is 1. The maximum absolute atomic E-state index is 11.4. The molecule has 0 aromatic heterocycles. The van der Waals surface area contributed by atoms with Crippen molar-refractivity contribution in [2.24, 2.45) is 0 Å². The lowest BCUT2D eigenvalue weighted by Gasteiger charge is -2.33. The van der Waals surface area contributed by atoms with Crippen LogP contribution in [0.4, 0.5) is 0 Å². The Morgan fingerprint density at radius 3 is 3.00 bits per heavy atom. The number of hydrogen-bond donors (Lipinski definition) is 2. The summed E-state index contributed by atoms with van der Waals surface area (Å²) in [7, 11) is 0. The number of carbonyl (C=O) groups excluding carboxylic acids is 1. The molecule has 1 fully saturated rings. The summed E-state index contributed by atoms with van der Waals surface area (Å²) in [4.78, 5) is 23.9. The molecule has 1 atom stereocenters. The molecule has 0 aliphatic carbocycles. The number of carbonyl (C=O) groups is 2. The molecule has 1 heterocycles. The van der Waals surface area contributed by atoms with E-state index in [-0.39, 0.29) is 12.3 Å². The monoisotopic (exact) mass is 200 g/mol. The zero-order valence-corrected chi connectivity index (χ0v) is 8.32. The maximum Gasteiger partial charge on any atom is 0.305 e. The van der Waals surface area contributed by atoms with Gasteiger partial charge in [0.05, 0.1) is 12.5 Å². The number of piperazine rings is 1. The minimum absolute atomic E-state index is 0.105. The predicted octanol–water partition coefficient (Wildman–Crippen LogP) is -0.328. The van der Waals surface area contributed by atoms with Gasteiger partial charge in [0.25, 0.3) is 0 Å². The minimum atomic E-state index is -0.923. The van der Waals surface area contributed by atoms with Gasteiger partial charge in [-0.05, 0) is 13.0 Å². The molecule has 1 saturated heterocycles. The molecule has 0 aromatic rings. The van der Waals surface area contributed by atoms with Crippen LogP contribution in [-0.2, 0) is 9.59 Å². The Morgan fingerprint density at radius 2 is 2.43 bits per heavy atom. The summed E-state index contributed by atoms with van der Waals surface area (Å²) in [5.74, 6) is -1.08. The Hall–Kier alpha value is -1.10. The normalized spacial score (nSPS) is 23.2. The van der Waals surface area contributed by atoms with Crippen molar-refractivity contribution in [2.45, 2.75) is 25.8 Å². The van der Waals surface area contributed by atoms with Crippen LogP contribution >= 0.6 is 0 Å². The van der Waals surface area contributed by atoms with Crippen molar-refractivity contribution in [3.63, 3.8) is 0 Å². The van der Waals surface area contributed by atoms with E-state index in [0.29, 0.717) is 6.54 Å². The van der Waals surface area contributed by atoms with Gasteiger partial charge in [-0.15, -0.1) is 0 Å². The van der Waals surface area contributed by atoms with Crippen molar-refractivity contribution < 1.29 is 14.7 Å². The number of amides is 1. The second-order valence-electron chi connectivity index (χ2n) is 3.44. The van der Waals surface area contributed by atoms with E-state index in [0.717, 1.165) is 19.5 Å². The zero-order chi connectivity index (χ0) is 10.6. The average Bonchev–Trinajstić information content (AvgIpc) is 2.11. The van der Waals surface area contributed by atoms with Crippen molar-refractivity contribution in [3.8, 4) is 0 Å². The second-order valence-corrected chi connectivity index (χ2v) is 3.44. The predicted molar refractivity (Wildman–Crippen MR) is 50.9 cm³/mol. The fraction of sp³-hybridized carbons (Fsp3) is 0.778. The Labute approximate surface area is 83.1 Å². The topological polar surface area (TPSA) is 69.6 Å². The van der Waals surface area contributed by atoms with Gasteiger partial charge in [-0.25, -0.2) is 0 Å². The van der Waals surface area contributed by atoms with Crippen molar-refractivity contribution in [2.75, 3.05) is 19.6 Å². The van der Waals surface area contributed by atoms with Gasteiger partial charge in [0.2, 0.25) is 5.91 Å². The van der Waals surface area contributed by atoms with E-state index in [9.17, 15) is 9.59 Å². The van der Waals surface area contributed by atoms with Gasteiger partial charge in [0, 0.05) is 13.1 Å². The van der Waals surface area contributed by atoms with Gasteiger partial charge in [-0.2, -0.15) is 0 Å². The number of nitrogens with zero attached hydrogens (tertiary/aromatic N) is 1. The summed E-state index contributed by atoms with van der Waals surface area (Å²) in [5.41, 5.74) is 0. The molecule has 0 aromatic carbocycles. The van der Waals surface area contributed by atoms with Crippen LogP contribution in [0.15, 0.2) is 0 Å². The first kappa shape index (κ1) is 11.0. The van der Waals surface area contributed by atoms with Gasteiger partial charge in [0.15, 0.2) is 0 Å². The third-order valence-electron chi connectivity index (χ3n) is 2.32. The molecule has 80 valence electrons.